The highest BCUT2D eigenvalue weighted by atomic mass is 35.5. The Morgan fingerprint density at radius 2 is 1.71 bits per heavy atom. The van der Waals surface area contributed by atoms with E-state index in [0.717, 1.165) is 25.1 Å². The number of H-pyrrole nitrogens is 1. The highest BCUT2D eigenvalue weighted by Gasteiger charge is 2.40. The maximum absolute atomic E-state index is 14.3. The van der Waals surface area contributed by atoms with Gasteiger partial charge < -0.3 is 24.5 Å². The molecule has 1 aliphatic heterocycles. The standard InChI is InChI=1S/C25H25ClFN3O7S/c1-4-36-22(32)14-11-28-25(30-21(14)31)38-12-17-20(24(34)37-5-2)18(13-8-6-7-9-15(13)26)19(23(33)35-3)16(10-27)29-17/h6-9,11,18,29H,4-5,10,12H2,1-3H3,(H,28,30,31). The number of rotatable bonds is 10. The number of carbonyl (C=O) groups is 3. The van der Waals surface area contributed by atoms with Gasteiger partial charge in [-0.05, 0) is 25.5 Å². The predicted octanol–water partition coefficient (Wildman–Crippen LogP) is 3.29. The van der Waals surface area contributed by atoms with Crippen LogP contribution in [0.15, 0.2) is 63.0 Å². The number of hydrogen-bond acceptors (Lipinski definition) is 10. The third kappa shape index (κ3) is 6.25. The Morgan fingerprint density at radius 1 is 1.05 bits per heavy atom. The molecule has 1 unspecified atom stereocenters. The molecule has 0 radical (unpaired) electrons. The molecule has 0 saturated carbocycles. The molecule has 10 nitrogen and oxygen atoms in total. The van der Waals surface area contributed by atoms with E-state index >= 15 is 0 Å². The van der Waals surface area contributed by atoms with Crippen molar-refractivity contribution in [2.75, 3.05) is 32.8 Å². The van der Waals surface area contributed by atoms with E-state index in [1.807, 2.05) is 0 Å². The topological polar surface area (TPSA) is 137 Å². The minimum Gasteiger partial charge on any atom is -0.466 e. The smallest absolute Gasteiger partial charge is 0.345 e. The van der Waals surface area contributed by atoms with Crippen molar-refractivity contribution in [2.24, 2.45) is 0 Å². The summed E-state index contributed by atoms with van der Waals surface area (Å²) in [5.41, 5.74) is -0.579. The number of alkyl halides is 1. The predicted molar refractivity (Wildman–Crippen MR) is 138 cm³/mol. The van der Waals surface area contributed by atoms with Crippen LogP contribution in [0.25, 0.3) is 0 Å². The molecule has 1 aromatic heterocycles. The summed E-state index contributed by atoms with van der Waals surface area (Å²) < 4.78 is 29.3. The zero-order valence-corrected chi connectivity index (χ0v) is 22.3. The van der Waals surface area contributed by atoms with E-state index < -0.39 is 36.1 Å². The summed E-state index contributed by atoms with van der Waals surface area (Å²) in [4.78, 5) is 56.9. The zero-order valence-electron chi connectivity index (χ0n) is 20.8. The van der Waals surface area contributed by atoms with Crippen LogP contribution in [0.3, 0.4) is 0 Å². The van der Waals surface area contributed by atoms with Crippen LogP contribution in [0, 0.1) is 0 Å². The van der Waals surface area contributed by atoms with Gasteiger partial charge in [0.2, 0.25) is 0 Å². The normalized spacial score (nSPS) is 15.1. The lowest BCUT2D eigenvalue weighted by Gasteiger charge is -2.32. The summed E-state index contributed by atoms with van der Waals surface area (Å²) in [6.07, 6.45) is 1.09. The number of allylic oxidation sites excluding steroid dienone is 1. The lowest BCUT2D eigenvalue weighted by Crippen LogP contribution is -2.35. The fraction of sp³-hybridized carbons (Fsp3) is 0.320. The van der Waals surface area contributed by atoms with Crippen LogP contribution in [-0.2, 0) is 23.8 Å². The van der Waals surface area contributed by atoms with E-state index in [1.54, 1.807) is 38.1 Å². The van der Waals surface area contributed by atoms with E-state index in [0.29, 0.717) is 5.56 Å². The summed E-state index contributed by atoms with van der Waals surface area (Å²) in [7, 11) is 1.15. The van der Waals surface area contributed by atoms with Crippen molar-refractivity contribution < 1.29 is 33.0 Å². The van der Waals surface area contributed by atoms with E-state index in [-0.39, 0.29) is 57.2 Å². The van der Waals surface area contributed by atoms with Crippen molar-refractivity contribution in [2.45, 2.75) is 24.9 Å². The number of carbonyl (C=O) groups excluding carboxylic acids is 3. The fourth-order valence-corrected chi connectivity index (χ4v) is 4.84. The Morgan fingerprint density at radius 3 is 2.32 bits per heavy atom. The fourth-order valence-electron chi connectivity index (χ4n) is 3.80. The molecule has 0 saturated heterocycles. The second-order valence-corrected chi connectivity index (χ2v) is 9.02. The van der Waals surface area contributed by atoms with E-state index in [1.165, 1.54) is 0 Å². The maximum atomic E-state index is 14.3. The molecule has 1 aromatic carbocycles. The Kier molecular flexibility index (Phi) is 10.1. The number of halogens is 2. The van der Waals surface area contributed by atoms with Crippen molar-refractivity contribution >= 4 is 41.3 Å². The van der Waals surface area contributed by atoms with Crippen molar-refractivity contribution in [3.8, 4) is 0 Å². The number of nitrogens with one attached hydrogen (secondary N) is 2. The molecule has 0 aliphatic carbocycles. The molecule has 0 spiro atoms. The van der Waals surface area contributed by atoms with E-state index in [2.05, 4.69) is 15.3 Å². The summed E-state index contributed by atoms with van der Waals surface area (Å²) in [6, 6.07) is 6.55. The highest BCUT2D eigenvalue weighted by molar-refractivity contribution is 7.99. The molecule has 1 aliphatic rings. The van der Waals surface area contributed by atoms with Crippen molar-refractivity contribution in [1.29, 1.82) is 0 Å². The molecule has 202 valence electrons. The maximum Gasteiger partial charge on any atom is 0.345 e. The summed E-state index contributed by atoms with van der Waals surface area (Å²) >= 11 is 7.46. The van der Waals surface area contributed by atoms with Gasteiger partial charge in [0.25, 0.3) is 5.56 Å². The Balaban J connectivity index is 2.10. The number of methoxy groups -OCH3 is 1. The van der Waals surface area contributed by atoms with Gasteiger partial charge in [0, 0.05) is 22.7 Å². The lowest BCUT2D eigenvalue weighted by molar-refractivity contribution is -0.139. The van der Waals surface area contributed by atoms with Gasteiger partial charge in [-0.1, -0.05) is 41.6 Å². The lowest BCUT2D eigenvalue weighted by atomic mass is 9.80. The molecular weight excluding hydrogens is 541 g/mol. The number of esters is 3. The summed E-state index contributed by atoms with van der Waals surface area (Å²) in [5, 5.41) is 3.20. The largest absolute Gasteiger partial charge is 0.466 e. The van der Waals surface area contributed by atoms with Gasteiger partial charge in [0.1, 0.15) is 12.2 Å². The number of benzene rings is 1. The van der Waals surface area contributed by atoms with Crippen LogP contribution in [0.2, 0.25) is 5.02 Å². The number of ether oxygens (including phenoxy) is 3. The quantitative estimate of drug-likeness (QED) is 0.191. The van der Waals surface area contributed by atoms with E-state index in [4.69, 9.17) is 25.8 Å². The molecular formula is C25H25ClFN3O7S. The van der Waals surface area contributed by atoms with Gasteiger partial charge >= 0.3 is 17.9 Å². The van der Waals surface area contributed by atoms with Crippen LogP contribution in [0.5, 0.6) is 0 Å². The molecule has 13 heteroatoms. The molecule has 2 N–H and O–H groups in total. The number of aromatic nitrogens is 2. The van der Waals surface area contributed by atoms with Gasteiger partial charge in [0.05, 0.1) is 43.1 Å². The average molecular weight is 566 g/mol. The first kappa shape index (κ1) is 28.9. The SMILES string of the molecule is CCOC(=O)C1=C(CSc2ncc(C(=O)OCC)c(=O)[nH]2)NC(CF)=C(C(=O)OC)C1c1ccccc1Cl. The molecule has 2 aromatic rings. The third-order valence-corrected chi connectivity index (χ3v) is 6.66. The molecule has 1 atom stereocenters. The van der Waals surface area contributed by atoms with Gasteiger partial charge in [-0.3, -0.25) is 4.79 Å². The first-order chi connectivity index (χ1) is 18.3. The number of hydrogen-bond donors (Lipinski definition) is 2. The molecule has 0 bridgehead atoms. The van der Waals surface area contributed by atoms with Crippen molar-refractivity contribution in [1.82, 2.24) is 15.3 Å². The first-order valence-electron chi connectivity index (χ1n) is 11.4. The Bertz CT molecular complexity index is 1360. The zero-order chi connectivity index (χ0) is 27.8. The van der Waals surface area contributed by atoms with Crippen LogP contribution in [0.1, 0.15) is 35.7 Å². The second-order valence-electron chi connectivity index (χ2n) is 7.65. The monoisotopic (exact) mass is 565 g/mol. The first-order valence-corrected chi connectivity index (χ1v) is 12.8. The third-order valence-electron chi connectivity index (χ3n) is 5.40. The molecule has 0 fully saturated rings. The number of aromatic amines is 1. The number of thioether (sulfide) groups is 1. The van der Waals surface area contributed by atoms with Crippen molar-refractivity contribution in [3.63, 3.8) is 0 Å². The second kappa shape index (κ2) is 13.2. The average Bonchev–Trinajstić information content (AvgIpc) is 2.91. The Labute approximate surface area is 226 Å². The van der Waals surface area contributed by atoms with Gasteiger partial charge in [-0.15, -0.1) is 0 Å². The Hall–Kier alpha value is -3.64. The molecule has 2 heterocycles. The van der Waals surface area contributed by atoms with Crippen LogP contribution >= 0.6 is 23.4 Å². The summed E-state index contributed by atoms with van der Waals surface area (Å²) in [6.45, 7) is 2.29. The molecule has 0 amide bonds. The summed E-state index contributed by atoms with van der Waals surface area (Å²) in [5.74, 6) is -3.52. The highest BCUT2D eigenvalue weighted by Crippen LogP contribution is 2.42. The van der Waals surface area contributed by atoms with Gasteiger partial charge in [-0.2, -0.15) is 0 Å². The van der Waals surface area contributed by atoms with Gasteiger partial charge in [-0.25, -0.2) is 23.8 Å². The minimum absolute atomic E-state index is 0.0191. The molecule has 3 rings (SSSR count). The van der Waals surface area contributed by atoms with Crippen LogP contribution < -0.4 is 10.9 Å². The number of dihydropyridines is 1. The van der Waals surface area contributed by atoms with Gasteiger partial charge in [0.15, 0.2) is 5.16 Å². The van der Waals surface area contributed by atoms with E-state index in [9.17, 15) is 23.6 Å². The minimum atomic E-state index is -1.10. The van der Waals surface area contributed by atoms with Crippen molar-refractivity contribution in [3.05, 3.63) is 79.5 Å². The van der Waals surface area contributed by atoms with Crippen LogP contribution in [0.4, 0.5) is 4.39 Å². The number of nitrogens with zero attached hydrogens (tertiary/aromatic N) is 1. The van der Waals surface area contributed by atoms with Crippen LogP contribution in [-0.4, -0.2) is 60.6 Å². The molecule has 38 heavy (non-hydrogen) atoms.